The number of hydrogen-bond donors (Lipinski definition) is 1. The smallest absolute Gasteiger partial charge is 0.236 e. The lowest BCUT2D eigenvalue weighted by atomic mass is 10.0. The highest BCUT2D eigenvalue weighted by molar-refractivity contribution is 5.78. The van der Waals surface area contributed by atoms with Crippen molar-refractivity contribution in [2.24, 2.45) is 0 Å². The number of carbonyl (C=O) groups is 1. The Morgan fingerprint density at radius 2 is 1.82 bits per heavy atom. The SMILES string of the molecule is CCNCC(=O)N1CCC(N2CCCC2)CC1. The molecule has 2 fully saturated rings. The highest BCUT2D eigenvalue weighted by Gasteiger charge is 2.27. The Morgan fingerprint density at radius 1 is 1.18 bits per heavy atom. The number of amides is 1. The molecular formula is C13H25N3O. The van der Waals surface area contributed by atoms with Crippen LogP contribution in [0.5, 0.6) is 0 Å². The van der Waals surface area contributed by atoms with Crippen molar-refractivity contribution in [1.82, 2.24) is 15.1 Å². The molecule has 0 aromatic rings. The summed E-state index contributed by atoms with van der Waals surface area (Å²) in [6.45, 7) is 7.86. The van der Waals surface area contributed by atoms with Crippen LogP contribution in [-0.4, -0.2) is 61.0 Å². The summed E-state index contributed by atoms with van der Waals surface area (Å²) in [5.41, 5.74) is 0. The van der Waals surface area contributed by atoms with Crippen LogP contribution in [-0.2, 0) is 4.79 Å². The second kappa shape index (κ2) is 6.36. The fourth-order valence-corrected chi connectivity index (χ4v) is 2.93. The molecule has 0 spiro atoms. The van der Waals surface area contributed by atoms with Crippen molar-refractivity contribution in [3.63, 3.8) is 0 Å². The third-order valence-electron chi connectivity index (χ3n) is 4.00. The number of nitrogens with zero attached hydrogens (tertiary/aromatic N) is 2. The third-order valence-corrected chi connectivity index (χ3v) is 4.00. The van der Waals surface area contributed by atoms with Gasteiger partial charge in [0, 0.05) is 19.1 Å². The Balaban J connectivity index is 1.71. The molecule has 0 unspecified atom stereocenters. The molecule has 0 bridgehead atoms. The Labute approximate surface area is 104 Å². The monoisotopic (exact) mass is 239 g/mol. The number of likely N-dealkylation sites (N-methyl/N-ethyl adjacent to an activating group) is 1. The van der Waals surface area contributed by atoms with Gasteiger partial charge in [0.2, 0.25) is 5.91 Å². The van der Waals surface area contributed by atoms with Gasteiger partial charge in [-0.05, 0) is 45.3 Å². The summed E-state index contributed by atoms with van der Waals surface area (Å²) in [7, 11) is 0. The molecule has 1 N–H and O–H groups in total. The van der Waals surface area contributed by atoms with Gasteiger partial charge in [0.25, 0.3) is 0 Å². The van der Waals surface area contributed by atoms with E-state index in [0.717, 1.165) is 38.5 Å². The molecule has 2 aliphatic heterocycles. The average Bonchev–Trinajstić information content (AvgIpc) is 2.90. The topological polar surface area (TPSA) is 35.6 Å². The second-order valence-electron chi connectivity index (χ2n) is 5.14. The molecule has 2 aliphatic rings. The van der Waals surface area contributed by atoms with Gasteiger partial charge in [-0.3, -0.25) is 4.79 Å². The molecule has 2 heterocycles. The minimum absolute atomic E-state index is 0.270. The van der Waals surface area contributed by atoms with E-state index in [2.05, 4.69) is 10.2 Å². The Kier molecular flexibility index (Phi) is 4.80. The van der Waals surface area contributed by atoms with E-state index in [1.807, 2.05) is 11.8 Å². The predicted molar refractivity (Wildman–Crippen MR) is 69.0 cm³/mol. The molecule has 0 aromatic heterocycles. The maximum atomic E-state index is 11.8. The minimum atomic E-state index is 0.270. The quantitative estimate of drug-likeness (QED) is 0.784. The second-order valence-corrected chi connectivity index (χ2v) is 5.14. The molecule has 4 heteroatoms. The van der Waals surface area contributed by atoms with E-state index in [1.165, 1.54) is 25.9 Å². The largest absolute Gasteiger partial charge is 0.341 e. The van der Waals surface area contributed by atoms with Gasteiger partial charge in [-0.2, -0.15) is 0 Å². The Bertz CT molecular complexity index is 243. The molecular weight excluding hydrogens is 214 g/mol. The van der Waals surface area contributed by atoms with Gasteiger partial charge >= 0.3 is 0 Å². The summed E-state index contributed by atoms with van der Waals surface area (Å²) < 4.78 is 0. The van der Waals surface area contributed by atoms with E-state index in [1.54, 1.807) is 0 Å². The first-order chi connectivity index (χ1) is 8.31. The number of nitrogens with one attached hydrogen (secondary N) is 1. The summed E-state index contributed by atoms with van der Waals surface area (Å²) in [5.74, 6) is 0.270. The molecule has 1 amide bonds. The molecule has 4 nitrogen and oxygen atoms in total. The van der Waals surface area contributed by atoms with Crippen LogP contribution >= 0.6 is 0 Å². The first kappa shape index (κ1) is 12.8. The fourth-order valence-electron chi connectivity index (χ4n) is 2.93. The van der Waals surface area contributed by atoms with Crippen LogP contribution in [0.25, 0.3) is 0 Å². The number of piperidine rings is 1. The molecule has 0 aliphatic carbocycles. The normalized spacial score (nSPS) is 23.2. The third kappa shape index (κ3) is 3.42. The van der Waals surface area contributed by atoms with E-state index in [4.69, 9.17) is 0 Å². The Morgan fingerprint density at radius 3 is 2.41 bits per heavy atom. The van der Waals surface area contributed by atoms with Crippen molar-refractivity contribution in [1.29, 1.82) is 0 Å². The van der Waals surface area contributed by atoms with Crippen LogP contribution in [0.4, 0.5) is 0 Å². The standard InChI is InChI=1S/C13H25N3O/c1-2-14-11-13(17)16-9-5-12(6-10-16)15-7-3-4-8-15/h12,14H,2-11H2,1H3. The summed E-state index contributed by atoms with van der Waals surface area (Å²) in [6.07, 6.45) is 5.05. The van der Waals surface area contributed by atoms with Crippen LogP contribution < -0.4 is 5.32 Å². The van der Waals surface area contributed by atoms with Crippen LogP contribution in [0.15, 0.2) is 0 Å². The van der Waals surface area contributed by atoms with Crippen molar-refractivity contribution in [2.75, 3.05) is 39.3 Å². The fraction of sp³-hybridized carbons (Fsp3) is 0.923. The van der Waals surface area contributed by atoms with Crippen LogP contribution in [0.3, 0.4) is 0 Å². The number of hydrogen-bond acceptors (Lipinski definition) is 3. The number of carbonyl (C=O) groups excluding carboxylic acids is 1. The van der Waals surface area contributed by atoms with Gasteiger partial charge in [-0.15, -0.1) is 0 Å². The van der Waals surface area contributed by atoms with Crippen LogP contribution in [0, 0.1) is 0 Å². The first-order valence-corrected chi connectivity index (χ1v) is 7.04. The lowest BCUT2D eigenvalue weighted by Crippen LogP contribution is -2.48. The summed E-state index contributed by atoms with van der Waals surface area (Å²) in [5, 5.41) is 3.11. The average molecular weight is 239 g/mol. The van der Waals surface area contributed by atoms with Gasteiger partial charge in [0.1, 0.15) is 0 Å². The Hall–Kier alpha value is -0.610. The maximum Gasteiger partial charge on any atom is 0.236 e. The molecule has 2 rings (SSSR count). The molecule has 2 saturated heterocycles. The van der Waals surface area contributed by atoms with E-state index < -0.39 is 0 Å². The van der Waals surface area contributed by atoms with Crippen molar-refractivity contribution in [3.05, 3.63) is 0 Å². The van der Waals surface area contributed by atoms with Crippen LogP contribution in [0.1, 0.15) is 32.6 Å². The molecule has 0 saturated carbocycles. The minimum Gasteiger partial charge on any atom is -0.341 e. The lowest BCUT2D eigenvalue weighted by Gasteiger charge is -2.36. The molecule has 98 valence electrons. The highest BCUT2D eigenvalue weighted by atomic mass is 16.2. The van der Waals surface area contributed by atoms with Gasteiger partial charge < -0.3 is 15.1 Å². The van der Waals surface area contributed by atoms with E-state index in [-0.39, 0.29) is 5.91 Å². The zero-order valence-corrected chi connectivity index (χ0v) is 11.0. The van der Waals surface area contributed by atoms with Crippen LogP contribution in [0.2, 0.25) is 0 Å². The van der Waals surface area contributed by atoms with Gasteiger partial charge in [-0.1, -0.05) is 6.92 Å². The predicted octanol–water partition coefficient (Wildman–Crippen LogP) is 0.683. The molecule has 0 atom stereocenters. The summed E-state index contributed by atoms with van der Waals surface area (Å²) in [4.78, 5) is 16.5. The molecule has 0 radical (unpaired) electrons. The number of likely N-dealkylation sites (tertiary alicyclic amines) is 2. The van der Waals surface area contributed by atoms with Crippen molar-refractivity contribution < 1.29 is 4.79 Å². The van der Waals surface area contributed by atoms with Crippen molar-refractivity contribution in [2.45, 2.75) is 38.6 Å². The number of rotatable bonds is 4. The van der Waals surface area contributed by atoms with Gasteiger partial charge in [0.15, 0.2) is 0 Å². The highest BCUT2D eigenvalue weighted by Crippen LogP contribution is 2.20. The van der Waals surface area contributed by atoms with Crippen molar-refractivity contribution >= 4 is 5.91 Å². The van der Waals surface area contributed by atoms with Crippen molar-refractivity contribution in [3.8, 4) is 0 Å². The first-order valence-electron chi connectivity index (χ1n) is 7.04. The summed E-state index contributed by atoms with van der Waals surface area (Å²) >= 11 is 0. The molecule has 17 heavy (non-hydrogen) atoms. The van der Waals surface area contributed by atoms with E-state index in [0.29, 0.717) is 6.54 Å². The van der Waals surface area contributed by atoms with E-state index >= 15 is 0 Å². The molecule has 0 aromatic carbocycles. The van der Waals surface area contributed by atoms with E-state index in [9.17, 15) is 4.79 Å². The zero-order chi connectivity index (χ0) is 12.1. The van der Waals surface area contributed by atoms with Gasteiger partial charge in [0.05, 0.1) is 6.54 Å². The lowest BCUT2D eigenvalue weighted by molar-refractivity contribution is -0.131. The summed E-state index contributed by atoms with van der Waals surface area (Å²) in [6, 6.07) is 0.737. The maximum absolute atomic E-state index is 11.8. The van der Waals surface area contributed by atoms with Gasteiger partial charge in [-0.25, -0.2) is 0 Å². The zero-order valence-electron chi connectivity index (χ0n) is 11.0.